The van der Waals surface area contributed by atoms with Crippen molar-refractivity contribution < 1.29 is 0 Å². The maximum atomic E-state index is 2.19. The van der Waals surface area contributed by atoms with Crippen LogP contribution in [0.4, 0.5) is 0 Å². The number of hydrogen-bond acceptors (Lipinski definition) is 0. The fraction of sp³-hybridized carbons (Fsp3) is 0.231. The predicted octanol–water partition coefficient (Wildman–Crippen LogP) is 3.33. The number of fused-ring (bicyclic) bond motifs is 1. The Balaban J connectivity index is 0.000000213. The third-order valence-corrected chi connectivity index (χ3v) is 1.66. The number of rotatable bonds is 0. The molecule has 2 aromatic carbocycles. The van der Waals surface area contributed by atoms with Gasteiger partial charge in [0.2, 0.25) is 0 Å². The summed E-state index contributed by atoms with van der Waals surface area (Å²) in [5, 5.41) is 2.62. The first kappa shape index (κ1) is 11.1. The van der Waals surface area contributed by atoms with Crippen LogP contribution >= 0.6 is 0 Å². The maximum absolute atomic E-state index is 2.19. The lowest BCUT2D eigenvalue weighted by molar-refractivity contribution is 1.75. The minimum Gasteiger partial charge on any atom is -0.0616 e. The SMILES string of the molecule is C[S+](C)C.c1ccc2ccccc2c1. The average molecular weight is 205 g/mol. The summed E-state index contributed by atoms with van der Waals surface area (Å²) in [4.78, 5) is 0. The normalized spacial score (nSPS) is 9.71. The van der Waals surface area contributed by atoms with Crippen molar-refractivity contribution in [2.24, 2.45) is 0 Å². The first-order valence-corrected chi connectivity index (χ1v) is 7.08. The highest BCUT2D eigenvalue weighted by molar-refractivity contribution is 7.94. The van der Waals surface area contributed by atoms with Crippen LogP contribution in [-0.2, 0) is 10.9 Å². The van der Waals surface area contributed by atoms with Crippen LogP contribution in [0, 0.1) is 0 Å². The van der Waals surface area contributed by atoms with Gasteiger partial charge in [-0.3, -0.25) is 0 Å². The van der Waals surface area contributed by atoms with Crippen LogP contribution in [0.2, 0.25) is 0 Å². The van der Waals surface area contributed by atoms with Crippen molar-refractivity contribution in [3.8, 4) is 0 Å². The molecule has 0 atom stereocenters. The Labute approximate surface area is 89.3 Å². The second-order valence-corrected chi connectivity index (χ2v) is 6.02. The Kier molecular flexibility index (Phi) is 4.54. The summed E-state index contributed by atoms with van der Waals surface area (Å²) in [6.07, 6.45) is 6.58. The van der Waals surface area contributed by atoms with Crippen LogP contribution < -0.4 is 0 Å². The fourth-order valence-corrected chi connectivity index (χ4v) is 1.13. The van der Waals surface area contributed by atoms with Crippen molar-refractivity contribution >= 4 is 21.7 Å². The molecule has 0 aliphatic rings. The first-order chi connectivity index (χ1) is 6.70. The van der Waals surface area contributed by atoms with E-state index in [9.17, 15) is 0 Å². The molecule has 0 spiro atoms. The topological polar surface area (TPSA) is 0 Å². The van der Waals surface area contributed by atoms with E-state index < -0.39 is 0 Å². The summed E-state index contributed by atoms with van der Waals surface area (Å²) < 4.78 is 0. The Bertz CT molecular complexity index is 311. The smallest absolute Gasteiger partial charge is 0.0616 e. The molecule has 0 bridgehead atoms. The molecule has 0 N–H and O–H groups in total. The van der Waals surface area contributed by atoms with Gasteiger partial charge in [0.25, 0.3) is 0 Å². The molecule has 0 aromatic heterocycles. The zero-order chi connectivity index (χ0) is 10.4. The predicted molar refractivity (Wildman–Crippen MR) is 69.1 cm³/mol. The molecular weight excluding hydrogens is 188 g/mol. The highest BCUT2D eigenvalue weighted by Crippen LogP contribution is 2.11. The second-order valence-electron chi connectivity index (χ2n) is 3.57. The largest absolute Gasteiger partial charge is 0.0969 e. The molecule has 0 heterocycles. The van der Waals surface area contributed by atoms with Gasteiger partial charge >= 0.3 is 0 Å². The molecule has 0 saturated carbocycles. The zero-order valence-electron chi connectivity index (χ0n) is 9.03. The minimum atomic E-state index is 0.639. The summed E-state index contributed by atoms with van der Waals surface area (Å²) in [7, 11) is 0.639. The molecule has 0 amide bonds. The molecule has 0 aliphatic heterocycles. The van der Waals surface area contributed by atoms with Gasteiger partial charge in [-0.2, -0.15) is 0 Å². The van der Waals surface area contributed by atoms with E-state index in [1.54, 1.807) is 0 Å². The van der Waals surface area contributed by atoms with Gasteiger partial charge in [0.05, 0.1) is 18.8 Å². The van der Waals surface area contributed by atoms with Gasteiger partial charge in [-0.05, 0) is 21.7 Å². The van der Waals surface area contributed by atoms with Crippen molar-refractivity contribution in [2.45, 2.75) is 0 Å². The van der Waals surface area contributed by atoms with Crippen LogP contribution in [0.25, 0.3) is 10.8 Å². The molecule has 2 rings (SSSR count). The number of benzene rings is 2. The van der Waals surface area contributed by atoms with Gasteiger partial charge in [0.15, 0.2) is 0 Å². The highest BCUT2D eigenvalue weighted by Gasteiger charge is 1.85. The van der Waals surface area contributed by atoms with Gasteiger partial charge in [0, 0.05) is 0 Å². The zero-order valence-corrected chi connectivity index (χ0v) is 9.84. The molecule has 1 heteroatoms. The Morgan fingerprint density at radius 3 is 1.07 bits per heavy atom. The van der Waals surface area contributed by atoms with Crippen molar-refractivity contribution in [2.75, 3.05) is 18.8 Å². The lowest BCUT2D eigenvalue weighted by atomic mass is 10.1. The van der Waals surface area contributed by atoms with Gasteiger partial charge in [0.1, 0.15) is 0 Å². The maximum Gasteiger partial charge on any atom is 0.0969 e. The molecule has 0 radical (unpaired) electrons. The van der Waals surface area contributed by atoms with E-state index in [0.29, 0.717) is 10.9 Å². The van der Waals surface area contributed by atoms with Gasteiger partial charge in [-0.25, -0.2) is 0 Å². The van der Waals surface area contributed by atoms with Crippen molar-refractivity contribution in [1.29, 1.82) is 0 Å². The van der Waals surface area contributed by atoms with Crippen LogP contribution in [0.5, 0.6) is 0 Å². The molecule has 14 heavy (non-hydrogen) atoms. The molecule has 2 aromatic rings. The van der Waals surface area contributed by atoms with Gasteiger partial charge in [-0.1, -0.05) is 48.5 Å². The molecular formula is C13H17S+. The quantitative estimate of drug-likeness (QED) is 0.579. The van der Waals surface area contributed by atoms with Crippen molar-refractivity contribution in [3.63, 3.8) is 0 Å². The van der Waals surface area contributed by atoms with Crippen molar-refractivity contribution in [3.05, 3.63) is 48.5 Å². The van der Waals surface area contributed by atoms with E-state index in [2.05, 4.69) is 67.3 Å². The molecule has 74 valence electrons. The summed E-state index contributed by atoms with van der Waals surface area (Å²) in [5.41, 5.74) is 0. The number of hydrogen-bond donors (Lipinski definition) is 0. The Morgan fingerprint density at radius 2 is 0.857 bits per heavy atom. The third kappa shape index (κ3) is 3.84. The molecule has 0 saturated heterocycles. The standard InChI is InChI=1S/C10H8.C3H9S/c1-2-6-10-8-4-3-7-9(10)5-1;1-4(2)3/h1-8H;1-3H3/q;+1. The van der Waals surface area contributed by atoms with Crippen molar-refractivity contribution in [1.82, 2.24) is 0 Å². The van der Waals surface area contributed by atoms with E-state index in [0.717, 1.165) is 0 Å². The highest BCUT2D eigenvalue weighted by atomic mass is 32.2. The Morgan fingerprint density at radius 1 is 0.643 bits per heavy atom. The monoisotopic (exact) mass is 205 g/mol. The molecule has 0 unspecified atom stereocenters. The van der Waals surface area contributed by atoms with E-state index >= 15 is 0 Å². The van der Waals surface area contributed by atoms with E-state index in [1.807, 2.05) is 0 Å². The second kappa shape index (κ2) is 5.71. The molecule has 0 nitrogen and oxygen atoms in total. The van der Waals surface area contributed by atoms with Crippen LogP contribution in [0.1, 0.15) is 0 Å². The van der Waals surface area contributed by atoms with Gasteiger partial charge in [-0.15, -0.1) is 0 Å². The van der Waals surface area contributed by atoms with E-state index in [1.165, 1.54) is 10.8 Å². The third-order valence-electron chi connectivity index (χ3n) is 1.66. The summed E-state index contributed by atoms with van der Waals surface area (Å²) in [6.45, 7) is 0. The fourth-order valence-electron chi connectivity index (χ4n) is 1.13. The minimum absolute atomic E-state index is 0.639. The van der Waals surface area contributed by atoms with Gasteiger partial charge < -0.3 is 0 Å². The lowest BCUT2D eigenvalue weighted by Crippen LogP contribution is -1.84. The summed E-state index contributed by atoms with van der Waals surface area (Å²) in [6, 6.07) is 16.7. The molecule has 0 fully saturated rings. The van der Waals surface area contributed by atoms with E-state index in [4.69, 9.17) is 0 Å². The summed E-state index contributed by atoms with van der Waals surface area (Å²) in [5.74, 6) is 0. The Hall–Kier alpha value is -0.950. The molecule has 0 aliphatic carbocycles. The lowest BCUT2D eigenvalue weighted by Gasteiger charge is -1.92. The average Bonchev–Trinajstić information content (AvgIpc) is 2.17. The van der Waals surface area contributed by atoms with Crippen LogP contribution in [0.15, 0.2) is 48.5 Å². The first-order valence-electron chi connectivity index (χ1n) is 4.63. The van der Waals surface area contributed by atoms with Crippen LogP contribution in [0.3, 0.4) is 0 Å². The summed E-state index contributed by atoms with van der Waals surface area (Å²) >= 11 is 0. The van der Waals surface area contributed by atoms with E-state index in [-0.39, 0.29) is 0 Å². The van der Waals surface area contributed by atoms with Crippen LogP contribution in [-0.4, -0.2) is 18.8 Å².